The lowest BCUT2D eigenvalue weighted by Gasteiger charge is -2.20. The van der Waals surface area contributed by atoms with E-state index in [0.717, 1.165) is 30.2 Å². The Kier molecular flexibility index (Phi) is 5.60. The van der Waals surface area contributed by atoms with Crippen molar-refractivity contribution in [3.05, 3.63) is 16.4 Å². The third kappa shape index (κ3) is 3.47. The largest absolute Gasteiger partial charge is 0.313 e. The van der Waals surface area contributed by atoms with Gasteiger partial charge in [-0.2, -0.15) is 16.9 Å². The van der Waals surface area contributed by atoms with Crippen molar-refractivity contribution in [2.75, 3.05) is 18.1 Å². The molecule has 108 valence electrons. The van der Waals surface area contributed by atoms with Crippen LogP contribution in [0.2, 0.25) is 5.02 Å². The van der Waals surface area contributed by atoms with Crippen LogP contribution in [0.15, 0.2) is 0 Å². The van der Waals surface area contributed by atoms with E-state index in [9.17, 15) is 0 Å². The molecule has 0 radical (unpaired) electrons. The van der Waals surface area contributed by atoms with Gasteiger partial charge in [0.15, 0.2) is 0 Å². The molecule has 1 N–H and O–H groups in total. The predicted octanol–water partition coefficient (Wildman–Crippen LogP) is 3.14. The van der Waals surface area contributed by atoms with Crippen LogP contribution in [0, 0.1) is 12.8 Å². The van der Waals surface area contributed by atoms with Gasteiger partial charge < -0.3 is 5.32 Å². The standard InChI is InChI=1S/C14H24ClN3S/c1-4-6-16-12-9-19-8-11(12)7-13-14(15)10(3)17-18(13)5-2/h11-12,16H,4-9H2,1-3H3. The zero-order valence-electron chi connectivity index (χ0n) is 12.1. The van der Waals surface area contributed by atoms with Gasteiger partial charge in [0.25, 0.3) is 0 Å². The lowest BCUT2D eigenvalue weighted by Crippen LogP contribution is -2.37. The van der Waals surface area contributed by atoms with E-state index in [1.807, 2.05) is 6.92 Å². The number of rotatable bonds is 6. The van der Waals surface area contributed by atoms with Gasteiger partial charge >= 0.3 is 0 Å². The van der Waals surface area contributed by atoms with E-state index in [4.69, 9.17) is 11.6 Å². The van der Waals surface area contributed by atoms with Crippen molar-refractivity contribution in [3.63, 3.8) is 0 Å². The van der Waals surface area contributed by atoms with Crippen LogP contribution in [-0.2, 0) is 13.0 Å². The molecule has 0 saturated carbocycles. The van der Waals surface area contributed by atoms with E-state index in [1.54, 1.807) is 0 Å². The summed E-state index contributed by atoms with van der Waals surface area (Å²) in [4.78, 5) is 0. The Labute approximate surface area is 125 Å². The molecule has 2 heterocycles. The van der Waals surface area contributed by atoms with Crippen LogP contribution in [0.25, 0.3) is 0 Å². The van der Waals surface area contributed by atoms with E-state index in [-0.39, 0.29) is 0 Å². The van der Waals surface area contributed by atoms with Crippen molar-refractivity contribution < 1.29 is 0 Å². The highest BCUT2D eigenvalue weighted by molar-refractivity contribution is 7.99. The molecule has 0 bridgehead atoms. The highest BCUT2D eigenvalue weighted by Crippen LogP contribution is 2.30. The maximum atomic E-state index is 6.41. The molecule has 1 saturated heterocycles. The van der Waals surface area contributed by atoms with Gasteiger partial charge in [-0.25, -0.2) is 0 Å². The van der Waals surface area contributed by atoms with Gasteiger partial charge in [0.1, 0.15) is 0 Å². The maximum Gasteiger partial charge on any atom is 0.0847 e. The Morgan fingerprint density at radius 3 is 2.89 bits per heavy atom. The van der Waals surface area contributed by atoms with Crippen LogP contribution >= 0.6 is 23.4 Å². The molecule has 0 aromatic carbocycles. The molecule has 1 aliphatic heterocycles. The summed E-state index contributed by atoms with van der Waals surface area (Å²) in [6.07, 6.45) is 2.24. The summed E-state index contributed by atoms with van der Waals surface area (Å²) in [6.45, 7) is 8.35. The van der Waals surface area contributed by atoms with Crippen LogP contribution in [-0.4, -0.2) is 33.9 Å². The Bertz CT molecular complexity index is 419. The smallest absolute Gasteiger partial charge is 0.0847 e. The van der Waals surface area contributed by atoms with Gasteiger partial charge in [-0.1, -0.05) is 18.5 Å². The van der Waals surface area contributed by atoms with Crippen LogP contribution in [0.5, 0.6) is 0 Å². The van der Waals surface area contributed by atoms with Crippen LogP contribution < -0.4 is 5.32 Å². The minimum atomic E-state index is 0.626. The maximum absolute atomic E-state index is 6.41. The Balaban J connectivity index is 2.07. The number of hydrogen-bond donors (Lipinski definition) is 1. The fraction of sp³-hybridized carbons (Fsp3) is 0.786. The molecule has 5 heteroatoms. The number of nitrogens with zero attached hydrogens (tertiary/aromatic N) is 2. The predicted molar refractivity (Wildman–Crippen MR) is 84.2 cm³/mol. The first-order valence-electron chi connectivity index (χ1n) is 7.20. The zero-order valence-corrected chi connectivity index (χ0v) is 13.7. The van der Waals surface area contributed by atoms with Crippen molar-refractivity contribution in [1.29, 1.82) is 0 Å². The fourth-order valence-electron chi connectivity index (χ4n) is 2.67. The zero-order chi connectivity index (χ0) is 13.8. The van der Waals surface area contributed by atoms with Gasteiger partial charge in [-0.15, -0.1) is 0 Å². The number of nitrogens with one attached hydrogen (secondary N) is 1. The van der Waals surface area contributed by atoms with E-state index in [2.05, 4.69) is 40.7 Å². The summed E-state index contributed by atoms with van der Waals surface area (Å²) >= 11 is 8.46. The van der Waals surface area contributed by atoms with Gasteiger partial charge in [-0.3, -0.25) is 4.68 Å². The van der Waals surface area contributed by atoms with Gasteiger partial charge in [0.2, 0.25) is 0 Å². The molecule has 1 aliphatic rings. The van der Waals surface area contributed by atoms with Gasteiger partial charge in [0.05, 0.1) is 16.4 Å². The van der Waals surface area contributed by atoms with Gasteiger partial charge in [-0.05, 0) is 44.9 Å². The number of hydrogen-bond acceptors (Lipinski definition) is 3. The number of thioether (sulfide) groups is 1. The monoisotopic (exact) mass is 301 g/mol. The quantitative estimate of drug-likeness (QED) is 0.875. The number of aromatic nitrogens is 2. The fourth-order valence-corrected chi connectivity index (χ4v) is 4.31. The topological polar surface area (TPSA) is 29.9 Å². The molecular formula is C14H24ClN3S. The molecular weight excluding hydrogens is 278 g/mol. The summed E-state index contributed by atoms with van der Waals surface area (Å²) < 4.78 is 2.07. The lowest BCUT2D eigenvalue weighted by molar-refractivity contribution is 0.414. The Morgan fingerprint density at radius 2 is 2.21 bits per heavy atom. The van der Waals surface area contributed by atoms with Crippen molar-refractivity contribution in [2.45, 2.75) is 46.2 Å². The molecule has 2 atom stereocenters. The first-order valence-corrected chi connectivity index (χ1v) is 8.73. The Hall–Kier alpha value is -0.190. The second-order valence-electron chi connectivity index (χ2n) is 5.22. The summed E-state index contributed by atoms with van der Waals surface area (Å²) in [7, 11) is 0. The van der Waals surface area contributed by atoms with Crippen LogP contribution in [0.3, 0.4) is 0 Å². The highest BCUT2D eigenvalue weighted by Gasteiger charge is 2.29. The molecule has 19 heavy (non-hydrogen) atoms. The van der Waals surface area contributed by atoms with Crippen molar-refractivity contribution in [2.24, 2.45) is 5.92 Å². The molecule has 2 unspecified atom stereocenters. The number of aryl methyl sites for hydroxylation is 2. The second-order valence-corrected chi connectivity index (χ2v) is 6.68. The molecule has 0 spiro atoms. The summed E-state index contributed by atoms with van der Waals surface area (Å²) in [6, 6.07) is 0.626. The van der Waals surface area contributed by atoms with Gasteiger partial charge in [0, 0.05) is 18.3 Å². The average Bonchev–Trinajstić information content (AvgIpc) is 2.96. The third-order valence-electron chi connectivity index (χ3n) is 3.76. The molecule has 3 nitrogen and oxygen atoms in total. The molecule has 1 fully saturated rings. The van der Waals surface area contributed by atoms with Crippen LogP contribution in [0.1, 0.15) is 31.7 Å². The summed E-state index contributed by atoms with van der Waals surface area (Å²) in [5.41, 5.74) is 2.18. The third-order valence-corrected chi connectivity index (χ3v) is 5.51. The molecule has 1 aromatic heterocycles. The highest BCUT2D eigenvalue weighted by atomic mass is 35.5. The van der Waals surface area contributed by atoms with Crippen molar-refractivity contribution >= 4 is 23.4 Å². The first-order chi connectivity index (χ1) is 9.17. The van der Waals surface area contributed by atoms with Crippen molar-refractivity contribution in [1.82, 2.24) is 15.1 Å². The summed E-state index contributed by atoms with van der Waals surface area (Å²) in [5, 5.41) is 9.06. The Morgan fingerprint density at radius 1 is 1.42 bits per heavy atom. The van der Waals surface area contributed by atoms with E-state index in [1.165, 1.54) is 23.6 Å². The van der Waals surface area contributed by atoms with Crippen molar-refractivity contribution in [3.8, 4) is 0 Å². The first kappa shape index (κ1) is 15.2. The SMILES string of the molecule is CCCNC1CSCC1Cc1c(Cl)c(C)nn1CC. The molecule has 0 amide bonds. The summed E-state index contributed by atoms with van der Waals surface area (Å²) in [5.74, 6) is 3.13. The van der Waals surface area contributed by atoms with E-state index >= 15 is 0 Å². The normalized spacial score (nSPS) is 23.2. The van der Waals surface area contributed by atoms with E-state index < -0.39 is 0 Å². The second kappa shape index (κ2) is 7.00. The molecule has 0 aliphatic carbocycles. The number of halogens is 1. The minimum absolute atomic E-state index is 0.626. The molecule has 1 aromatic rings. The van der Waals surface area contributed by atoms with E-state index in [0.29, 0.717) is 12.0 Å². The molecule has 2 rings (SSSR count). The lowest BCUT2D eigenvalue weighted by atomic mass is 9.97. The minimum Gasteiger partial charge on any atom is -0.313 e. The van der Waals surface area contributed by atoms with Crippen LogP contribution in [0.4, 0.5) is 0 Å². The average molecular weight is 302 g/mol.